The van der Waals surface area contributed by atoms with Crippen LogP contribution in [0.5, 0.6) is 0 Å². The fourth-order valence-corrected chi connectivity index (χ4v) is 4.55. The lowest BCUT2D eigenvalue weighted by Gasteiger charge is -2.29. The van der Waals surface area contributed by atoms with Gasteiger partial charge in [0, 0.05) is 6.42 Å². The van der Waals surface area contributed by atoms with E-state index < -0.39 is 8.32 Å². The van der Waals surface area contributed by atoms with Crippen LogP contribution in [0.1, 0.15) is 41.0 Å². The molecule has 3 nitrogen and oxygen atoms in total. The largest absolute Gasteiger partial charge is 0.544 e. The zero-order valence-electron chi connectivity index (χ0n) is 12.9. The molecule has 0 aliphatic heterocycles. The molecule has 0 heterocycles. The molecule has 0 aliphatic carbocycles. The third-order valence-electron chi connectivity index (χ3n) is 3.59. The molecule has 4 heteroatoms. The standard InChI is InChI=1S/C15H28O3Si/c1-6-15(12-10-11-14(5)17-13-16)18-19(7-2,8-3)9-4/h6,10,12-14H,7-9,11H2,1-5H3/b12-10+,15-6+/t14-/m1/s1. The first-order chi connectivity index (χ1) is 9.07. The minimum Gasteiger partial charge on any atom is -0.544 e. The van der Waals surface area contributed by atoms with Gasteiger partial charge in [-0.3, -0.25) is 4.79 Å². The molecule has 0 fully saturated rings. The molecule has 0 aliphatic rings. The number of hydrogen-bond donors (Lipinski definition) is 0. The summed E-state index contributed by atoms with van der Waals surface area (Å²) >= 11 is 0. The van der Waals surface area contributed by atoms with Crippen molar-refractivity contribution in [1.82, 2.24) is 0 Å². The van der Waals surface area contributed by atoms with Gasteiger partial charge in [0.05, 0.1) is 5.76 Å². The van der Waals surface area contributed by atoms with Gasteiger partial charge in [-0.2, -0.15) is 0 Å². The Kier molecular flexibility index (Phi) is 9.30. The van der Waals surface area contributed by atoms with Crippen molar-refractivity contribution < 1.29 is 14.0 Å². The van der Waals surface area contributed by atoms with Crippen molar-refractivity contribution in [1.29, 1.82) is 0 Å². The molecule has 0 radical (unpaired) electrons. The van der Waals surface area contributed by atoms with Crippen LogP contribution in [0, 0.1) is 0 Å². The van der Waals surface area contributed by atoms with Gasteiger partial charge < -0.3 is 9.16 Å². The van der Waals surface area contributed by atoms with Gasteiger partial charge in [0.2, 0.25) is 8.32 Å². The summed E-state index contributed by atoms with van der Waals surface area (Å²) < 4.78 is 11.1. The minimum atomic E-state index is -1.60. The Hall–Kier alpha value is -1.03. The van der Waals surface area contributed by atoms with Gasteiger partial charge in [-0.1, -0.05) is 26.8 Å². The number of rotatable bonds is 10. The highest BCUT2D eigenvalue weighted by Crippen LogP contribution is 2.25. The highest BCUT2D eigenvalue weighted by Gasteiger charge is 2.30. The second-order valence-corrected chi connectivity index (χ2v) is 9.41. The lowest BCUT2D eigenvalue weighted by atomic mass is 10.2. The normalized spacial score (nSPS) is 14.5. The molecule has 0 aromatic rings. The first-order valence-corrected chi connectivity index (χ1v) is 9.71. The Morgan fingerprint density at radius 1 is 1.21 bits per heavy atom. The summed E-state index contributed by atoms with van der Waals surface area (Å²) in [4.78, 5) is 10.2. The third kappa shape index (κ3) is 6.62. The second-order valence-electron chi connectivity index (χ2n) is 4.72. The molecule has 0 bridgehead atoms. The Morgan fingerprint density at radius 3 is 2.21 bits per heavy atom. The number of carbonyl (C=O) groups is 1. The van der Waals surface area contributed by atoms with Crippen molar-refractivity contribution in [2.24, 2.45) is 0 Å². The van der Waals surface area contributed by atoms with Crippen LogP contribution in [0.3, 0.4) is 0 Å². The highest BCUT2D eigenvalue weighted by atomic mass is 28.4. The Balaban J connectivity index is 4.51. The zero-order chi connectivity index (χ0) is 14.7. The van der Waals surface area contributed by atoms with E-state index in [2.05, 4.69) is 20.8 Å². The van der Waals surface area contributed by atoms with Crippen LogP contribution in [-0.2, 0) is 14.0 Å². The van der Waals surface area contributed by atoms with E-state index in [1.807, 2.05) is 32.1 Å². The van der Waals surface area contributed by atoms with Crippen LogP contribution in [0.2, 0.25) is 18.1 Å². The van der Waals surface area contributed by atoms with Crippen LogP contribution in [0.25, 0.3) is 0 Å². The van der Waals surface area contributed by atoms with Gasteiger partial charge in [0.1, 0.15) is 6.10 Å². The molecule has 0 aromatic carbocycles. The Morgan fingerprint density at radius 2 is 1.79 bits per heavy atom. The second kappa shape index (κ2) is 9.84. The topological polar surface area (TPSA) is 35.5 Å². The van der Waals surface area contributed by atoms with Gasteiger partial charge in [-0.05, 0) is 44.1 Å². The molecule has 0 amide bonds. The highest BCUT2D eigenvalue weighted by molar-refractivity contribution is 6.73. The van der Waals surface area contributed by atoms with E-state index in [1.54, 1.807) is 0 Å². The molecule has 0 unspecified atom stereocenters. The summed E-state index contributed by atoms with van der Waals surface area (Å²) in [7, 11) is -1.60. The van der Waals surface area contributed by atoms with Crippen molar-refractivity contribution in [3.8, 4) is 0 Å². The molecular formula is C15H28O3Si. The lowest BCUT2D eigenvalue weighted by molar-refractivity contribution is -0.132. The minimum absolute atomic E-state index is 0.0858. The first kappa shape index (κ1) is 18.0. The molecule has 0 aromatic heterocycles. The predicted octanol–water partition coefficient (Wildman–Crippen LogP) is 4.42. The fourth-order valence-electron chi connectivity index (χ4n) is 1.93. The summed E-state index contributed by atoms with van der Waals surface area (Å²) in [5.74, 6) is 0.940. The van der Waals surface area contributed by atoms with E-state index in [4.69, 9.17) is 9.16 Å². The number of ether oxygens (including phenoxy) is 1. The number of hydrogen-bond acceptors (Lipinski definition) is 3. The Bertz CT molecular complexity index is 298. The van der Waals surface area contributed by atoms with Crippen molar-refractivity contribution in [2.75, 3.05) is 0 Å². The fraction of sp³-hybridized carbons (Fsp3) is 0.667. The van der Waals surface area contributed by atoms with Crippen molar-refractivity contribution in [3.05, 3.63) is 24.0 Å². The SMILES string of the molecule is C/C=C(\C=C\C[C@@H](C)OC=O)O[Si](CC)(CC)CC. The van der Waals surface area contributed by atoms with Gasteiger partial charge in [0.25, 0.3) is 6.47 Å². The smallest absolute Gasteiger partial charge is 0.293 e. The zero-order valence-corrected chi connectivity index (χ0v) is 13.9. The maximum atomic E-state index is 10.2. The lowest BCUT2D eigenvalue weighted by Crippen LogP contribution is -2.35. The van der Waals surface area contributed by atoms with E-state index in [-0.39, 0.29) is 6.10 Å². The summed E-state index contributed by atoms with van der Waals surface area (Å²) in [6.07, 6.45) is 6.62. The summed E-state index contributed by atoms with van der Waals surface area (Å²) in [5, 5.41) is 0. The third-order valence-corrected chi connectivity index (χ3v) is 8.12. The first-order valence-electron chi connectivity index (χ1n) is 7.18. The molecule has 19 heavy (non-hydrogen) atoms. The molecule has 0 spiro atoms. The molecule has 1 atom stereocenters. The van der Waals surface area contributed by atoms with Crippen molar-refractivity contribution >= 4 is 14.8 Å². The molecule has 0 saturated carbocycles. The van der Waals surface area contributed by atoms with Gasteiger partial charge in [-0.15, -0.1) is 0 Å². The summed E-state index contributed by atoms with van der Waals surface area (Å²) in [6, 6.07) is 3.40. The van der Waals surface area contributed by atoms with E-state index >= 15 is 0 Å². The van der Waals surface area contributed by atoms with E-state index in [1.165, 1.54) is 0 Å². The van der Waals surface area contributed by atoms with Gasteiger partial charge in [-0.25, -0.2) is 0 Å². The maximum Gasteiger partial charge on any atom is 0.293 e. The average molecular weight is 284 g/mol. The molecule has 110 valence electrons. The van der Waals surface area contributed by atoms with Gasteiger partial charge in [0.15, 0.2) is 0 Å². The van der Waals surface area contributed by atoms with Crippen LogP contribution in [-0.4, -0.2) is 20.9 Å². The van der Waals surface area contributed by atoms with Crippen LogP contribution in [0.15, 0.2) is 24.0 Å². The van der Waals surface area contributed by atoms with Crippen molar-refractivity contribution in [2.45, 2.75) is 65.3 Å². The van der Waals surface area contributed by atoms with Crippen LogP contribution < -0.4 is 0 Å². The number of allylic oxidation sites excluding steroid dienone is 2. The monoisotopic (exact) mass is 284 g/mol. The van der Waals surface area contributed by atoms with E-state index in [0.29, 0.717) is 12.9 Å². The van der Waals surface area contributed by atoms with Gasteiger partial charge >= 0.3 is 0 Å². The molecular weight excluding hydrogens is 256 g/mol. The summed E-state index contributed by atoms with van der Waals surface area (Å²) in [5.41, 5.74) is 0. The van der Waals surface area contributed by atoms with Crippen molar-refractivity contribution in [3.63, 3.8) is 0 Å². The quantitative estimate of drug-likeness (QED) is 0.258. The van der Waals surface area contributed by atoms with E-state index in [9.17, 15) is 4.79 Å². The average Bonchev–Trinajstić information content (AvgIpc) is 2.43. The number of carbonyl (C=O) groups excluding carboxylic acids is 1. The molecule has 0 rings (SSSR count). The van der Waals surface area contributed by atoms with E-state index in [0.717, 1.165) is 23.9 Å². The predicted molar refractivity (Wildman–Crippen MR) is 82.4 cm³/mol. The molecule has 0 N–H and O–H groups in total. The summed E-state index contributed by atoms with van der Waals surface area (Å²) in [6.45, 7) is 11.0. The maximum absolute atomic E-state index is 10.2. The van der Waals surface area contributed by atoms with Crippen LogP contribution in [0.4, 0.5) is 0 Å². The molecule has 0 saturated heterocycles. The van der Waals surface area contributed by atoms with Crippen LogP contribution >= 0.6 is 0 Å². The Labute approximate surface area is 118 Å².